The molecule has 27 heavy (non-hydrogen) atoms. The number of hydrogen-bond acceptors (Lipinski definition) is 5. The molecule has 3 rings (SSSR count). The third-order valence-electron chi connectivity index (χ3n) is 4.29. The van der Waals surface area contributed by atoms with Gasteiger partial charge in [0.25, 0.3) is 5.91 Å². The number of ether oxygens (including phenoxy) is 2. The van der Waals surface area contributed by atoms with Crippen LogP contribution in [0.3, 0.4) is 0 Å². The Morgan fingerprint density at radius 1 is 1.15 bits per heavy atom. The number of amides is 1. The molecule has 0 spiro atoms. The van der Waals surface area contributed by atoms with Crippen LogP contribution in [0.1, 0.15) is 5.56 Å². The molecule has 6 heteroatoms. The van der Waals surface area contributed by atoms with E-state index in [1.807, 2.05) is 37.3 Å². The summed E-state index contributed by atoms with van der Waals surface area (Å²) in [6.07, 6.45) is -0.802. The van der Waals surface area contributed by atoms with Crippen molar-refractivity contribution in [1.82, 2.24) is 5.32 Å². The first-order chi connectivity index (χ1) is 13.0. The number of aryl methyl sites for hydroxylation is 1. The molecule has 0 saturated carbocycles. The average Bonchev–Trinajstić information content (AvgIpc) is 2.66. The van der Waals surface area contributed by atoms with Gasteiger partial charge in [-0.05, 0) is 30.2 Å². The van der Waals surface area contributed by atoms with Crippen LogP contribution in [0, 0.1) is 6.92 Å². The molecule has 0 fully saturated rings. The van der Waals surface area contributed by atoms with E-state index in [2.05, 4.69) is 5.32 Å². The predicted molar refractivity (Wildman–Crippen MR) is 103 cm³/mol. The topological polar surface area (TPSA) is 77.8 Å². The van der Waals surface area contributed by atoms with E-state index in [1.54, 1.807) is 12.1 Å². The molecule has 1 atom stereocenters. The highest BCUT2D eigenvalue weighted by Crippen LogP contribution is 2.31. The fourth-order valence-corrected chi connectivity index (χ4v) is 2.95. The van der Waals surface area contributed by atoms with Crippen molar-refractivity contribution in [1.29, 1.82) is 0 Å². The summed E-state index contributed by atoms with van der Waals surface area (Å²) < 4.78 is 16.1. The Morgan fingerprint density at radius 2 is 1.93 bits per heavy atom. The maximum Gasteiger partial charge on any atom is 0.336 e. The molecule has 0 aliphatic carbocycles. The first-order valence-electron chi connectivity index (χ1n) is 8.54. The standard InChI is InChI=1S/C21H21NO5/c1-13-6-4-5-7-15(13)17-11-20(23)27-18-10-14(8-9-16(17)18)26-19(12-25-3)21(24)22-2/h4-11,19H,12H2,1-3H3,(H,22,24)/t19-/m0/s1. The van der Waals surface area contributed by atoms with E-state index >= 15 is 0 Å². The summed E-state index contributed by atoms with van der Waals surface area (Å²) in [6.45, 7) is 2.09. The van der Waals surface area contributed by atoms with Crippen molar-refractivity contribution in [3.05, 3.63) is 64.5 Å². The van der Waals surface area contributed by atoms with Crippen LogP contribution in [0.4, 0.5) is 0 Å². The Hall–Kier alpha value is -3.12. The molecule has 0 bridgehead atoms. The van der Waals surface area contributed by atoms with E-state index < -0.39 is 11.7 Å². The zero-order valence-electron chi connectivity index (χ0n) is 15.4. The highest BCUT2D eigenvalue weighted by atomic mass is 16.5. The van der Waals surface area contributed by atoms with Crippen molar-refractivity contribution in [3.63, 3.8) is 0 Å². The average molecular weight is 367 g/mol. The highest BCUT2D eigenvalue weighted by molar-refractivity contribution is 5.94. The van der Waals surface area contributed by atoms with Crippen LogP contribution in [0.5, 0.6) is 5.75 Å². The molecule has 0 radical (unpaired) electrons. The molecule has 1 heterocycles. The first kappa shape index (κ1) is 18.7. The van der Waals surface area contributed by atoms with Gasteiger partial charge in [0.05, 0.1) is 6.61 Å². The number of rotatable bonds is 6. The molecular weight excluding hydrogens is 346 g/mol. The molecule has 3 aromatic rings. The lowest BCUT2D eigenvalue weighted by Crippen LogP contribution is -2.39. The molecule has 0 aliphatic rings. The van der Waals surface area contributed by atoms with Gasteiger partial charge in [0.15, 0.2) is 6.10 Å². The summed E-state index contributed by atoms with van der Waals surface area (Å²) in [5.41, 5.74) is 2.77. The van der Waals surface area contributed by atoms with E-state index in [0.29, 0.717) is 11.3 Å². The Kier molecular flexibility index (Phi) is 5.57. The molecule has 1 N–H and O–H groups in total. The van der Waals surface area contributed by atoms with Gasteiger partial charge in [-0.1, -0.05) is 24.3 Å². The monoisotopic (exact) mass is 367 g/mol. The fourth-order valence-electron chi connectivity index (χ4n) is 2.95. The molecule has 0 unspecified atom stereocenters. The molecule has 0 aliphatic heterocycles. The lowest BCUT2D eigenvalue weighted by molar-refractivity contribution is -0.129. The number of likely N-dealkylation sites (N-methyl/N-ethyl adjacent to an activating group) is 1. The Morgan fingerprint density at radius 3 is 2.63 bits per heavy atom. The number of benzene rings is 2. The second-order valence-electron chi connectivity index (χ2n) is 6.13. The summed E-state index contributed by atoms with van der Waals surface area (Å²) in [5.74, 6) is 0.116. The number of nitrogens with one attached hydrogen (secondary N) is 1. The normalized spacial score (nSPS) is 12.0. The maximum atomic E-state index is 12.1. The van der Waals surface area contributed by atoms with E-state index in [1.165, 1.54) is 20.2 Å². The summed E-state index contributed by atoms with van der Waals surface area (Å²) >= 11 is 0. The lowest BCUT2D eigenvalue weighted by atomic mass is 9.98. The molecular formula is C21H21NO5. The summed E-state index contributed by atoms with van der Waals surface area (Å²) in [4.78, 5) is 24.0. The third-order valence-corrected chi connectivity index (χ3v) is 4.29. The quantitative estimate of drug-likeness (QED) is 0.678. The van der Waals surface area contributed by atoms with Gasteiger partial charge in [-0.15, -0.1) is 0 Å². The zero-order valence-corrected chi connectivity index (χ0v) is 15.4. The zero-order chi connectivity index (χ0) is 19.4. The number of carbonyl (C=O) groups is 1. The van der Waals surface area contributed by atoms with Gasteiger partial charge >= 0.3 is 5.63 Å². The summed E-state index contributed by atoms with van der Waals surface area (Å²) in [6, 6.07) is 14.5. The van der Waals surface area contributed by atoms with E-state index in [4.69, 9.17) is 13.9 Å². The maximum absolute atomic E-state index is 12.1. The molecule has 140 valence electrons. The Balaban J connectivity index is 2.05. The fraction of sp³-hybridized carbons (Fsp3) is 0.238. The number of methoxy groups -OCH3 is 1. The smallest absolute Gasteiger partial charge is 0.336 e. The van der Waals surface area contributed by atoms with Gasteiger partial charge < -0.3 is 19.2 Å². The molecule has 2 aromatic carbocycles. The third kappa shape index (κ3) is 4.01. The lowest BCUT2D eigenvalue weighted by Gasteiger charge is -2.17. The second kappa shape index (κ2) is 8.05. The number of hydrogen-bond donors (Lipinski definition) is 1. The number of carbonyl (C=O) groups excluding carboxylic acids is 1. The van der Waals surface area contributed by atoms with Gasteiger partial charge in [0, 0.05) is 37.2 Å². The highest BCUT2D eigenvalue weighted by Gasteiger charge is 2.19. The van der Waals surface area contributed by atoms with Crippen molar-refractivity contribution >= 4 is 16.9 Å². The second-order valence-corrected chi connectivity index (χ2v) is 6.13. The number of fused-ring (bicyclic) bond motifs is 1. The van der Waals surface area contributed by atoms with Crippen molar-refractivity contribution < 1.29 is 18.7 Å². The minimum atomic E-state index is -0.802. The summed E-state index contributed by atoms with van der Waals surface area (Å²) in [7, 11) is 3.02. The van der Waals surface area contributed by atoms with Crippen LogP contribution in [0.25, 0.3) is 22.1 Å². The van der Waals surface area contributed by atoms with Gasteiger partial charge in [-0.2, -0.15) is 0 Å². The van der Waals surface area contributed by atoms with Crippen molar-refractivity contribution in [2.75, 3.05) is 20.8 Å². The van der Waals surface area contributed by atoms with Crippen LogP contribution in [-0.4, -0.2) is 32.8 Å². The van der Waals surface area contributed by atoms with Crippen LogP contribution in [-0.2, 0) is 9.53 Å². The largest absolute Gasteiger partial charge is 0.478 e. The van der Waals surface area contributed by atoms with Crippen molar-refractivity contribution in [2.24, 2.45) is 0 Å². The first-order valence-corrected chi connectivity index (χ1v) is 8.54. The van der Waals surface area contributed by atoms with Gasteiger partial charge in [-0.25, -0.2) is 4.79 Å². The van der Waals surface area contributed by atoms with Crippen molar-refractivity contribution in [2.45, 2.75) is 13.0 Å². The van der Waals surface area contributed by atoms with Crippen LogP contribution in [0.15, 0.2) is 57.7 Å². The molecule has 6 nitrogen and oxygen atoms in total. The molecule has 1 aromatic heterocycles. The van der Waals surface area contributed by atoms with E-state index in [-0.39, 0.29) is 12.5 Å². The van der Waals surface area contributed by atoms with E-state index in [0.717, 1.165) is 22.1 Å². The van der Waals surface area contributed by atoms with Crippen LogP contribution < -0.4 is 15.7 Å². The van der Waals surface area contributed by atoms with Gasteiger partial charge in [-0.3, -0.25) is 4.79 Å². The van der Waals surface area contributed by atoms with Crippen molar-refractivity contribution in [3.8, 4) is 16.9 Å². The Bertz CT molecular complexity index is 1020. The SMILES string of the molecule is CNC(=O)[C@H](COC)Oc1ccc2c(-c3ccccc3C)cc(=O)oc2c1. The summed E-state index contributed by atoms with van der Waals surface area (Å²) in [5, 5.41) is 3.33. The Labute approximate surface area is 156 Å². The molecule has 0 saturated heterocycles. The minimum Gasteiger partial charge on any atom is -0.478 e. The van der Waals surface area contributed by atoms with Crippen LogP contribution >= 0.6 is 0 Å². The van der Waals surface area contributed by atoms with E-state index in [9.17, 15) is 9.59 Å². The predicted octanol–water partition coefficient (Wildman–Crippen LogP) is 2.91. The van der Waals surface area contributed by atoms with Gasteiger partial charge in [0.1, 0.15) is 11.3 Å². The minimum absolute atomic E-state index is 0.102. The van der Waals surface area contributed by atoms with Gasteiger partial charge in [0.2, 0.25) is 0 Å². The van der Waals surface area contributed by atoms with Crippen LogP contribution in [0.2, 0.25) is 0 Å². The molecule has 1 amide bonds.